The van der Waals surface area contributed by atoms with E-state index in [2.05, 4.69) is 15.1 Å². The molecule has 10 heteroatoms. The molecule has 168 valence electrons. The Bertz CT molecular complexity index is 1170. The molecular formula is C22H23F2N5O3. The van der Waals surface area contributed by atoms with Gasteiger partial charge in [-0.1, -0.05) is 0 Å². The van der Waals surface area contributed by atoms with Crippen LogP contribution >= 0.6 is 0 Å². The van der Waals surface area contributed by atoms with Gasteiger partial charge in [-0.2, -0.15) is 5.10 Å². The Kier molecular flexibility index (Phi) is 6.40. The fourth-order valence-corrected chi connectivity index (χ4v) is 3.77. The molecule has 0 unspecified atom stereocenters. The molecule has 3 heterocycles. The maximum Gasteiger partial charge on any atom is 0.274 e. The van der Waals surface area contributed by atoms with Crippen molar-refractivity contribution >= 4 is 5.91 Å². The number of ether oxygens (including phenoxy) is 1. The third kappa shape index (κ3) is 4.59. The van der Waals surface area contributed by atoms with Gasteiger partial charge in [-0.25, -0.2) is 18.4 Å². The maximum atomic E-state index is 13.5. The molecular weight excluding hydrogens is 420 g/mol. The summed E-state index contributed by atoms with van der Waals surface area (Å²) in [6.45, 7) is 1.64. The van der Waals surface area contributed by atoms with Gasteiger partial charge in [-0.3, -0.25) is 9.59 Å². The van der Waals surface area contributed by atoms with Crippen molar-refractivity contribution in [3.05, 3.63) is 70.0 Å². The van der Waals surface area contributed by atoms with Gasteiger partial charge in [0.15, 0.2) is 11.6 Å². The van der Waals surface area contributed by atoms with E-state index in [0.717, 1.165) is 18.0 Å². The summed E-state index contributed by atoms with van der Waals surface area (Å²) in [7, 11) is 1.53. The zero-order chi connectivity index (χ0) is 22.7. The first-order chi connectivity index (χ1) is 15.5. The van der Waals surface area contributed by atoms with Crippen LogP contribution in [0.15, 0.2) is 41.3 Å². The minimum atomic E-state index is -0.910. The van der Waals surface area contributed by atoms with Crippen molar-refractivity contribution in [3.63, 3.8) is 0 Å². The first kappa shape index (κ1) is 21.8. The van der Waals surface area contributed by atoms with Gasteiger partial charge in [-0.05, 0) is 37.1 Å². The molecule has 8 nitrogen and oxygen atoms in total. The lowest BCUT2D eigenvalue weighted by molar-refractivity contribution is 0.0701. The van der Waals surface area contributed by atoms with E-state index in [1.807, 2.05) is 0 Å². The van der Waals surface area contributed by atoms with Crippen molar-refractivity contribution in [2.75, 3.05) is 26.8 Å². The fraction of sp³-hybridized carbons (Fsp3) is 0.364. The smallest absolute Gasteiger partial charge is 0.274 e. The van der Waals surface area contributed by atoms with Crippen molar-refractivity contribution in [2.45, 2.75) is 25.3 Å². The monoisotopic (exact) mass is 443 g/mol. The van der Waals surface area contributed by atoms with E-state index in [-0.39, 0.29) is 29.6 Å². The molecule has 0 radical (unpaired) electrons. The van der Waals surface area contributed by atoms with Crippen LogP contribution in [0.4, 0.5) is 8.78 Å². The molecule has 1 saturated heterocycles. The Morgan fingerprint density at radius 3 is 2.69 bits per heavy atom. The minimum Gasteiger partial charge on any atom is -0.383 e. The van der Waals surface area contributed by atoms with Crippen molar-refractivity contribution in [3.8, 4) is 11.3 Å². The predicted octanol–water partition coefficient (Wildman–Crippen LogP) is 2.58. The second-order valence-electron chi connectivity index (χ2n) is 7.65. The normalized spacial score (nSPS) is 14.7. The van der Waals surface area contributed by atoms with E-state index >= 15 is 0 Å². The van der Waals surface area contributed by atoms with Crippen LogP contribution in [-0.2, 0) is 11.3 Å². The molecule has 4 rings (SSSR count). The number of aromatic amines is 1. The van der Waals surface area contributed by atoms with Gasteiger partial charge in [0.25, 0.3) is 11.5 Å². The highest BCUT2D eigenvalue weighted by atomic mass is 19.2. The Balaban J connectivity index is 1.40. The first-order valence-electron chi connectivity index (χ1n) is 10.3. The van der Waals surface area contributed by atoms with Crippen LogP contribution < -0.4 is 5.56 Å². The number of imidazole rings is 1. The lowest BCUT2D eigenvalue weighted by Crippen LogP contribution is -2.39. The second-order valence-corrected chi connectivity index (χ2v) is 7.65. The summed E-state index contributed by atoms with van der Waals surface area (Å²) in [5.41, 5.74) is 1.06. The number of carbonyl (C=O) groups excluding carboxylic acids is 1. The minimum absolute atomic E-state index is 0.113. The number of hydrogen-bond donors (Lipinski definition) is 1. The summed E-state index contributed by atoms with van der Waals surface area (Å²) in [6, 6.07) is 6.50. The number of nitrogens with one attached hydrogen (secondary N) is 1. The molecule has 1 aliphatic rings. The lowest BCUT2D eigenvalue weighted by Gasteiger charge is -2.31. The van der Waals surface area contributed by atoms with Gasteiger partial charge in [0.2, 0.25) is 0 Å². The topological polar surface area (TPSA) is 93.1 Å². The number of rotatable bonds is 6. The predicted molar refractivity (Wildman–Crippen MR) is 112 cm³/mol. The number of halogens is 2. The Labute approximate surface area is 182 Å². The quantitative estimate of drug-likeness (QED) is 0.632. The Morgan fingerprint density at radius 2 is 1.97 bits per heavy atom. The van der Waals surface area contributed by atoms with Gasteiger partial charge in [0, 0.05) is 37.7 Å². The highest BCUT2D eigenvalue weighted by Gasteiger charge is 2.27. The fourth-order valence-electron chi connectivity index (χ4n) is 3.77. The van der Waals surface area contributed by atoms with Crippen molar-refractivity contribution in [2.24, 2.45) is 0 Å². The third-order valence-corrected chi connectivity index (χ3v) is 5.59. The number of likely N-dealkylation sites (tertiary alicyclic amines) is 1. The Morgan fingerprint density at radius 1 is 1.19 bits per heavy atom. The second kappa shape index (κ2) is 9.39. The van der Waals surface area contributed by atoms with Gasteiger partial charge in [-0.15, -0.1) is 0 Å². The van der Waals surface area contributed by atoms with Gasteiger partial charge < -0.3 is 14.6 Å². The number of amides is 1. The molecule has 1 amide bonds. The summed E-state index contributed by atoms with van der Waals surface area (Å²) in [4.78, 5) is 34.1. The van der Waals surface area contributed by atoms with Gasteiger partial charge >= 0.3 is 0 Å². The molecule has 1 aliphatic heterocycles. The molecule has 0 bridgehead atoms. The number of nitrogens with zero attached hydrogens (tertiary/aromatic N) is 4. The lowest BCUT2D eigenvalue weighted by atomic mass is 9.96. The largest absolute Gasteiger partial charge is 0.383 e. The van der Waals surface area contributed by atoms with Crippen LogP contribution in [0, 0.1) is 11.6 Å². The molecule has 0 atom stereocenters. The average molecular weight is 443 g/mol. The number of carbonyl (C=O) groups is 1. The SMILES string of the molecule is COCCn1nc(C(=O)N2CCC(c3ncc(-c4ccc(F)c(F)c4)[nH]3)CC2)ccc1=O. The van der Waals surface area contributed by atoms with Crippen molar-refractivity contribution in [1.82, 2.24) is 24.6 Å². The van der Waals surface area contributed by atoms with Gasteiger partial charge in [0.05, 0.1) is 25.0 Å². The van der Waals surface area contributed by atoms with Crippen LogP contribution in [0.3, 0.4) is 0 Å². The standard InChI is InChI=1S/C22H23F2N5O3/c1-32-11-10-29-20(30)5-4-18(27-29)22(31)28-8-6-14(7-9-28)21-25-13-19(26-21)15-2-3-16(23)17(24)12-15/h2-5,12-14H,6-11H2,1H3,(H,25,26). The zero-order valence-electron chi connectivity index (χ0n) is 17.6. The van der Waals surface area contributed by atoms with E-state index < -0.39 is 11.6 Å². The summed E-state index contributed by atoms with van der Waals surface area (Å²) in [5, 5.41) is 4.17. The number of aromatic nitrogens is 4. The number of methoxy groups -OCH3 is 1. The number of hydrogen-bond acceptors (Lipinski definition) is 5. The molecule has 1 N–H and O–H groups in total. The number of H-pyrrole nitrogens is 1. The molecule has 1 aromatic carbocycles. The van der Waals surface area contributed by atoms with E-state index in [1.54, 1.807) is 11.1 Å². The van der Waals surface area contributed by atoms with Crippen LogP contribution in [0.1, 0.15) is 35.1 Å². The van der Waals surface area contributed by atoms with Crippen molar-refractivity contribution in [1.29, 1.82) is 0 Å². The first-order valence-corrected chi connectivity index (χ1v) is 10.3. The highest BCUT2D eigenvalue weighted by molar-refractivity contribution is 5.92. The summed E-state index contributed by atoms with van der Waals surface area (Å²) in [6.07, 6.45) is 2.99. The third-order valence-electron chi connectivity index (χ3n) is 5.59. The van der Waals surface area contributed by atoms with Crippen LogP contribution in [0.5, 0.6) is 0 Å². The van der Waals surface area contributed by atoms with E-state index in [9.17, 15) is 18.4 Å². The van der Waals surface area contributed by atoms with Gasteiger partial charge in [0.1, 0.15) is 11.5 Å². The van der Waals surface area contributed by atoms with Crippen molar-refractivity contribution < 1.29 is 18.3 Å². The molecule has 3 aromatic rings. The van der Waals surface area contributed by atoms with Crippen LogP contribution in [0.2, 0.25) is 0 Å². The molecule has 0 aliphatic carbocycles. The molecule has 2 aromatic heterocycles. The number of benzene rings is 1. The Hall–Kier alpha value is -3.40. The highest BCUT2D eigenvalue weighted by Crippen LogP contribution is 2.29. The number of piperidine rings is 1. The summed E-state index contributed by atoms with van der Waals surface area (Å²) in [5.74, 6) is -1.16. The van der Waals surface area contributed by atoms with E-state index in [1.165, 1.54) is 30.0 Å². The van der Waals surface area contributed by atoms with Crippen LogP contribution in [0.25, 0.3) is 11.3 Å². The van der Waals surface area contributed by atoms with Crippen LogP contribution in [-0.4, -0.2) is 57.4 Å². The summed E-state index contributed by atoms with van der Waals surface area (Å²) < 4.78 is 32.9. The molecule has 32 heavy (non-hydrogen) atoms. The van der Waals surface area contributed by atoms with E-state index in [0.29, 0.717) is 43.8 Å². The molecule has 0 saturated carbocycles. The summed E-state index contributed by atoms with van der Waals surface area (Å²) >= 11 is 0. The molecule has 0 spiro atoms. The maximum absolute atomic E-state index is 13.5. The van der Waals surface area contributed by atoms with E-state index in [4.69, 9.17) is 4.74 Å². The zero-order valence-corrected chi connectivity index (χ0v) is 17.6. The average Bonchev–Trinajstić information content (AvgIpc) is 3.30. The molecule has 1 fully saturated rings.